The van der Waals surface area contributed by atoms with E-state index in [1.165, 1.54) is 5.56 Å². The van der Waals surface area contributed by atoms with E-state index in [0.29, 0.717) is 5.75 Å². The fourth-order valence-corrected chi connectivity index (χ4v) is 3.80. The Labute approximate surface area is 190 Å². The molecular weight excluding hydrogens is 380 g/mol. The Kier molecular flexibility index (Phi) is 6.33. The van der Waals surface area contributed by atoms with Gasteiger partial charge in [0.15, 0.2) is 5.78 Å². The van der Waals surface area contributed by atoms with Crippen LogP contribution in [0.4, 0.5) is 0 Å². The number of Topliss-reactive ketones (excluding diaryl/α,β-unsaturated/α-hetero) is 1. The lowest BCUT2D eigenvalue weighted by Gasteiger charge is -2.31. The van der Waals surface area contributed by atoms with E-state index in [2.05, 4.69) is 95.2 Å². The summed E-state index contributed by atoms with van der Waals surface area (Å²) in [6.45, 7) is 25.4. The summed E-state index contributed by atoms with van der Waals surface area (Å²) in [4.78, 5) is 13.2. The monoisotopic (exact) mass is 422 g/mol. The summed E-state index contributed by atoms with van der Waals surface area (Å²) in [5.41, 5.74) is 4.78. The van der Waals surface area contributed by atoms with E-state index in [1.807, 2.05) is 18.2 Å². The van der Waals surface area contributed by atoms with Gasteiger partial charge in [0.2, 0.25) is 0 Å². The van der Waals surface area contributed by atoms with Gasteiger partial charge in [0, 0.05) is 22.3 Å². The van der Waals surface area contributed by atoms with Gasteiger partial charge in [-0.15, -0.1) is 0 Å². The average molecular weight is 423 g/mol. The molecule has 0 atom stereocenters. The first-order valence-corrected chi connectivity index (χ1v) is 11.3. The summed E-state index contributed by atoms with van der Waals surface area (Å²) < 4.78 is 0. The first-order chi connectivity index (χ1) is 13.7. The molecule has 0 fully saturated rings. The maximum atomic E-state index is 13.2. The standard InChI is InChI=1S/C29H42O2/c1-26(2,3)20-16-19(24(30)23(17-20)29(10,11)12)13-18-14-21(27(4,5)6)25(31)22(15-18)28(7,8)9/h13-17,30H,1-12H3. The molecule has 31 heavy (non-hydrogen) atoms. The minimum absolute atomic E-state index is 0.0394. The van der Waals surface area contributed by atoms with Gasteiger partial charge >= 0.3 is 0 Å². The summed E-state index contributed by atoms with van der Waals surface area (Å²) in [6.07, 6.45) is 6.03. The molecule has 1 N–H and O–H groups in total. The molecule has 0 spiro atoms. The third-order valence-corrected chi connectivity index (χ3v) is 5.86. The molecule has 1 aliphatic carbocycles. The van der Waals surface area contributed by atoms with E-state index in [9.17, 15) is 9.90 Å². The Hall–Kier alpha value is -2.09. The summed E-state index contributed by atoms with van der Waals surface area (Å²) in [6, 6.07) is 4.22. The summed E-state index contributed by atoms with van der Waals surface area (Å²) in [5.74, 6) is 0.446. The number of carbonyl (C=O) groups is 1. The van der Waals surface area contributed by atoms with Crippen molar-refractivity contribution in [2.45, 2.75) is 93.9 Å². The molecule has 2 rings (SSSR count). The predicted octanol–water partition coefficient (Wildman–Crippen LogP) is 7.90. The minimum atomic E-state index is -0.257. The van der Waals surface area contributed by atoms with Gasteiger partial charge in [-0.3, -0.25) is 4.79 Å². The average Bonchev–Trinajstić information content (AvgIpc) is 2.53. The highest BCUT2D eigenvalue weighted by molar-refractivity contribution is 6.12. The van der Waals surface area contributed by atoms with E-state index >= 15 is 0 Å². The molecule has 0 heterocycles. The molecule has 1 aliphatic rings. The SMILES string of the molecule is CC(C)(C)C1=CC(=Cc2cc(C(C)(C)C)cc(C(C)(C)C)c2O)C=C(C(C)(C)C)C1=O. The topological polar surface area (TPSA) is 37.3 Å². The molecule has 2 heteroatoms. The summed E-state index contributed by atoms with van der Waals surface area (Å²) in [5, 5.41) is 11.2. The van der Waals surface area contributed by atoms with E-state index < -0.39 is 0 Å². The normalized spacial score (nSPS) is 16.3. The van der Waals surface area contributed by atoms with Crippen LogP contribution in [0.15, 0.2) is 41.0 Å². The van der Waals surface area contributed by atoms with Crippen LogP contribution in [-0.4, -0.2) is 10.9 Å². The lowest BCUT2D eigenvalue weighted by Crippen LogP contribution is -2.27. The third kappa shape index (κ3) is 5.59. The van der Waals surface area contributed by atoms with Crippen molar-refractivity contribution in [2.75, 3.05) is 0 Å². The van der Waals surface area contributed by atoms with E-state index in [1.54, 1.807) is 0 Å². The number of aromatic hydroxyl groups is 1. The molecule has 0 unspecified atom stereocenters. The number of carbonyl (C=O) groups excluding carboxylic acids is 1. The zero-order valence-corrected chi connectivity index (χ0v) is 21.7. The van der Waals surface area contributed by atoms with Gasteiger partial charge < -0.3 is 5.11 Å². The number of phenols is 1. The van der Waals surface area contributed by atoms with Crippen molar-refractivity contribution in [1.82, 2.24) is 0 Å². The number of hydrogen-bond donors (Lipinski definition) is 1. The molecule has 0 aromatic heterocycles. The third-order valence-electron chi connectivity index (χ3n) is 5.86. The zero-order valence-electron chi connectivity index (χ0n) is 21.7. The van der Waals surface area contributed by atoms with E-state index in [4.69, 9.17) is 0 Å². The summed E-state index contributed by atoms with van der Waals surface area (Å²) >= 11 is 0. The van der Waals surface area contributed by atoms with Crippen molar-refractivity contribution in [1.29, 1.82) is 0 Å². The van der Waals surface area contributed by atoms with Gasteiger partial charge in [-0.2, -0.15) is 0 Å². The Morgan fingerprint density at radius 1 is 0.677 bits per heavy atom. The Bertz CT molecular complexity index is 934. The Balaban J connectivity index is 2.83. The highest BCUT2D eigenvalue weighted by atomic mass is 16.3. The van der Waals surface area contributed by atoms with Crippen LogP contribution in [0.1, 0.15) is 99.8 Å². The van der Waals surface area contributed by atoms with E-state index in [-0.39, 0.29) is 27.4 Å². The molecule has 170 valence electrons. The lowest BCUT2D eigenvalue weighted by molar-refractivity contribution is -0.114. The highest BCUT2D eigenvalue weighted by Gasteiger charge is 2.34. The molecule has 1 aromatic carbocycles. The number of allylic oxidation sites excluding steroid dienone is 5. The fourth-order valence-electron chi connectivity index (χ4n) is 3.80. The summed E-state index contributed by atoms with van der Waals surface area (Å²) in [7, 11) is 0. The largest absolute Gasteiger partial charge is 0.507 e. The second kappa shape index (κ2) is 7.80. The second-order valence-electron chi connectivity index (χ2n) is 13.1. The molecule has 0 amide bonds. The number of benzene rings is 1. The van der Waals surface area contributed by atoms with Crippen LogP contribution in [0.5, 0.6) is 5.75 Å². The predicted molar refractivity (Wildman–Crippen MR) is 134 cm³/mol. The second-order valence-corrected chi connectivity index (χ2v) is 13.1. The number of rotatable bonds is 1. The minimum Gasteiger partial charge on any atom is -0.507 e. The molecule has 0 saturated carbocycles. The van der Waals surface area contributed by atoms with Crippen molar-refractivity contribution < 1.29 is 9.90 Å². The van der Waals surface area contributed by atoms with Gasteiger partial charge in [0.05, 0.1) is 0 Å². The van der Waals surface area contributed by atoms with Gasteiger partial charge in [0.25, 0.3) is 0 Å². The van der Waals surface area contributed by atoms with Crippen molar-refractivity contribution in [3.8, 4) is 5.75 Å². The quantitative estimate of drug-likeness (QED) is 0.499. The molecule has 0 bridgehead atoms. The van der Waals surface area contributed by atoms with Crippen LogP contribution < -0.4 is 0 Å². The smallest absolute Gasteiger partial charge is 0.186 e. The Morgan fingerprint density at radius 3 is 1.48 bits per heavy atom. The maximum Gasteiger partial charge on any atom is 0.186 e. The van der Waals surface area contributed by atoms with Gasteiger partial charge in [-0.05, 0) is 57.1 Å². The lowest BCUT2D eigenvalue weighted by atomic mass is 9.71. The first-order valence-electron chi connectivity index (χ1n) is 11.3. The van der Waals surface area contributed by atoms with Crippen molar-refractivity contribution in [2.24, 2.45) is 10.8 Å². The van der Waals surface area contributed by atoms with Gasteiger partial charge in [0.1, 0.15) is 5.75 Å². The van der Waals surface area contributed by atoms with Crippen LogP contribution in [0.3, 0.4) is 0 Å². The molecule has 2 nitrogen and oxygen atoms in total. The number of hydrogen-bond acceptors (Lipinski definition) is 2. The van der Waals surface area contributed by atoms with E-state index in [0.717, 1.165) is 27.8 Å². The van der Waals surface area contributed by atoms with Crippen molar-refractivity contribution in [3.63, 3.8) is 0 Å². The molecule has 0 aliphatic heterocycles. The molecule has 1 aromatic rings. The molecule has 0 saturated heterocycles. The number of phenolic OH excluding ortho intramolecular Hbond substituents is 1. The maximum absolute atomic E-state index is 13.2. The van der Waals surface area contributed by atoms with Crippen LogP contribution in [0.25, 0.3) is 6.08 Å². The van der Waals surface area contributed by atoms with Crippen LogP contribution in [0.2, 0.25) is 0 Å². The fraction of sp³-hybridized carbons (Fsp3) is 0.552. The van der Waals surface area contributed by atoms with Crippen molar-refractivity contribution in [3.05, 3.63) is 57.7 Å². The highest BCUT2D eigenvalue weighted by Crippen LogP contribution is 2.42. The molecular formula is C29H42O2. The molecule has 0 radical (unpaired) electrons. The zero-order chi connectivity index (χ0) is 24.2. The van der Waals surface area contributed by atoms with Crippen LogP contribution >= 0.6 is 0 Å². The number of ketones is 1. The van der Waals surface area contributed by atoms with Gasteiger partial charge in [-0.25, -0.2) is 0 Å². The van der Waals surface area contributed by atoms with Crippen LogP contribution in [0, 0.1) is 10.8 Å². The van der Waals surface area contributed by atoms with Crippen molar-refractivity contribution >= 4 is 11.9 Å². The first kappa shape index (κ1) is 25.2. The van der Waals surface area contributed by atoms with Crippen LogP contribution in [-0.2, 0) is 15.6 Å². The van der Waals surface area contributed by atoms with Gasteiger partial charge in [-0.1, -0.05) is 89.2 Å². The Morgan fingerprint density at radius 2 is 1.13 bits per heavy atom.